The van der Waals surface area contributed by atoms with Crippen molar-refractivity contribution in [3.8, 4) is 0 Å². The van der Waals surface area contributed by atoms with Crippen molar-refractivity contribution in [2.24, 2.45) is 0 Å². The van der Waals surface area contributed by atoms with Crippen LogP contribution in [0.1, 0.15) is 40.5 Å². The van der Waals surface area contributed by atoms with E-state index in [-0.39, 0.29) is 22.8 Å². The van der Waals surface area contributed by atoms with E-state index in [2.05, 4.69) is 15.6 Å². The van der Waals surface area contributed by atoms with E-state index in [0.29, 0.717) is 6.04 Å². The highest BCUT2D eigenvalue weighted by Gasteiger charge is 2.26. The van der Waals surface area contributed by atoms with Crippen LogP contribution in [0.4, 0.5) is 5.82 Å². The fourth-order valence-electron chi connectivity index (χ4n) is 1.86. The molecular weight excluding hydrogens is 256 g/mol. The number of carbonyl (C=O) groups is 1. The van der Waals surface area contributed by atoms with Crippen molar-refractivity contribution in [2.45, 2.75) is 58.2 Å². The highest BCUT2D eigenvalue weighted by molar-refractivity contribution is 5.84. The Morgan fingerprint density at radius 2 is 2.10 bits per heavy atom. The molecule has 0 spiro atoms. The Morgan fingerprint density at radius 1 is 1.45 bits per heavy atom. The summed E-state index contributed by atoms with van der Waals surface area (Å²) >= 11 is 0. The molecule has 0 bridgehead atoms. The zero-order valence-electron chi connectivity index (χ0n) is 12.4. The minimum absolute atomic E-state index is 0.0974. The van der Waals surface area contributed by atoms with Gasteiger partial charge in [-0.05, 0) is 40.5 Å². The van der Waals surface area contributed by atoms with Crippen LogP contribution in [0.2, 0.25) is 0 Å². The highest BCUT2D eigenvalue weighted by Crippen LogP contribution is 2.18. The predicted octanol–water partition coefficient (Wildman–Crippen LogP) is 1.08. The van der Waals surface area contributed by atoms with Gasteiger partial charge in [0.2, 0.25) is 5.91 Å². The summed E-state index contributed by atoms with van der Waals surface area (Å²) in [6, 6.07) is -0.173. The molecule has 1 aliphatic rings. The molecule has 0 radical (unpaired) electrons. The second-order valence-electron chi connectivity index (χ2n) is 6.27. The normalized spacial score (nSPS) is 16.6. The van der Waals surface area contributed by atoms with Crippen LogP contribution in [-0.2, 0) is 10.3 Å². The topological polar surface area (TPSA) is 76.0 Å². The molecule has 6 nitrogen and oxygen atoms in total. The molecule has 1 saturated carbocycles. The molecule has 1 aromatic rings. The van der Waals surface area contributed by atoms with Crippen LogP contribution >= 0.6 is 0 Å². The van der Waals surface area contributed by atoms with Crippen LogP contribution < -0.4 is 16.2 Å². The summed E-state index contributed by atoms with van der Waals surface area (Å²) in [6.07, 6.45) is 5.31. The Hall–Kier alpha value is -1.85. The zero-order valence-corrected chi connectivity index (χ0v) is 12.4. The first-order chi connectivity index (χ1) is 9.29. The van der Waals surface area contributed by atoms with Crippen molar-refractivity contribution in [1.82, 2.24) is 14.9 Å². The highest BCUT2D eigenvalue weighted by atomic mass is 16.2. The summed E-state index contributed by atoms with van der Waals surface area (Å²) in [4.78, 5) is 28.2. The van der Waals surface area contributed by atoms with Crippen LogP contribution in [0.3, 0.4) is 0 Å². The van der Waals surface area contributed by atoms with Crippen molar-refractivity contribution in [2.75, 3.05) is 5.32 Å². The average molecular weight is 278 g/mol. The van der Waals surface area contributed by atoms with E-state index < -0.39 is 6.04 Å². The average Bonchev–Trinajstić information content (AvgIpc) is 3.14. The van der Waals surface area contributed by atoms with Crippen molar-refractivity contribution in [3.63, 3.8) is 0 Å². The first-order valence-corrected chi connectivity index (χ1v) is 6.94. The number of anilines is 1. The lowest BCUT2D eigenvalue weighted by Crippen LogP contribution is -2.41. The van der Waals surface area contributed by atoms with Gasteiger partial charge in [0.15, 0.2) is 5.82 Å². The Morgan fingerprint density at radius 3 is 2.65 bits per heavy atom. The molecule has 6 heteroatoms. The minimum Gasteiger partial charge on any atom is -0.354 e. The molecule has 0 saturated heterocycles. The molecule has 1 aromatic heterocycles. The number of aromatic nitrogens is 2. The summed E-state index contributed by atoms with van der Waals surface area (Å²) in [7, 11) is 0. The molecule has 110 valence electrons. The first kappa shape index (κ1) is 14.6. The van der Waals surface area contributed by atoms with E-state index in [4.69, 9.17) is 0 Å². The van der Waals surface area contributed by atoms with Gasteiger partial charge < -0.3 is 15.2 Å². The maximum absolute atomic E-state index is 12.3. The number of hydrogen-bond acceptors (Lipinski definition) is 4. The van der Waals surface area contributed by atoms with E-state index in [1.165, 1.54) is 0 Å². The van der Waals surface area contributed by atoms with Crippen LogP contribution in [0.5, 0.6) is 0 Å². The smallest absolute Gasteiger partial charge is 0.293 e. The van der Waals surface area contributed by atoms with Gasteiger partial charge in [-0.1, -0.05) is 0 Å². The molecule has 1 atom stereocenters. The van der Waals surface area contributed by atoms with E-state index in [1.807, 2.05) is 20.8 Å². The largest absolute Gasteiger partial charge is 0.354 e. The molecule has 2 N–H and O–H groups in total. The van der Waals surface area contributed by atoms with E-state index in [9.17, 15) is 9.59 Å². The summed E-state index contributed by atoms with van der Waals surface area (Å²) in [5.74, 6) is 0.112. The Labute approximate surface area is 118 Å². The Kier molecular flexibility index (Phi) is 3.83. The van der Waals surface area contributed by atoms with Gasteiger partial charge in [-0.25, -0.2) is 4.98 Å². The number of nitrogens with zero attached hydrogens (tertiary/aromatic N) is 2. The molecule has 1 amide bonds. The number of hydrogen-bond donors (Lipinski definition) is 2. The fraction of sp³-hybridized carbons (Fsp3) is 0.643. The number of nitrogens with one attached hydrogen (secondary N) is 2. The third-order valence-corrected chi connectivity index (χ3v) is 3.23. The molecule has 20 heavy (non-hydrogen) atoms. The number of carbonyl (C=O) groups excluding carboxylic acids is 1. The van der Waals surface area contributed by atoms with Crippen molar-refractivity contribution >= 4 is 11.7 Å². The van der Waals surface area contributed by atoms with Crippen molar-refractivity contribution in [3.05, 3.63) is 22.7 Å². The number of amides is 1. The molecule has 0 aliphatic heterocycles. The molecule has 1 heterocycles. The fourth-order valence-corrected chi connectivity index (χ4v) is 1.86. The second-order valence-corrected chi connectivity index (χ2v) is 6.27. The van der Waals surface area contributed by atoms with Gasteiger partial charge in [0.1, 0.15) is 6.04 Å². The minimum atomic E-state index is -0.480. The maximum Gasteiger partial charge on any atom is 0.293 e. The predicted molar refractivity (Wildman–Crippen MR) is 77.7 cm³/mol. The molecule has 1 fully saturated rings. The maximum atomic E-state index is 12.3. The Balaban J connectivity index is 2.12. The van der Waals surface area contributed by atoms with Crippen LogP contribution in [0.25, 0.3) is 0 Å². The Bertz CT molecular complexity index is 555. The van der Waals surface area contributed by atoms with Gasteiger partial charge in [0.05, 0.1) is 0 Å². The van der Waals surface area contributed by atoms with Crippen molar-refractivity contribution in [1.29, 1.82) is 0 Å². The lowest BCUT2D eigenvalue weighted by molar-refractivity contribution is -0.121. The SMILES string of the molecule is CC(Nc1nccn(C(C)(C)C)c1=O)C(=O)NC1CC1. The number of rotatable bonds is 4. The van der Waals surface area contributed by atoms with Gasteiger partial charge in [0, 0.05) is 24.0 Å². The summed E-state index contributed by atoms with van der Waals surface area (Å²) in [5.41, 5.74) is -0.540. The second kappa shape index (κ2) is 5.26. The van der Waals surface area contributed by atoms with Crippen LogP contribution in [0, 0.1) is 0 Å². The van der Waals surface area contributed by atoms with E-state index in [1.54, 1.807) is 23.9 Å². The summed E-state index contributed by atoms with van der Waals surface area (Å²) in [6.45, 7) is 7.57. The lowest BCUT2D eigenvalue weighted by atomic mass is 10.1. The van der Waals surface area contributed by atoms with E-state index in [0.717, 1.165) is 12.8 Å². The van der Waals surface area contributed by atoms with Gasteiger partial charge in [-0.2, -0.15) is 0 Å². The van der Waals surface area contributed by atoms with Crippen LogP contribution in [0.15, 0.2) is 17.2 Å². The van der Waals surface area contributed by atoms with Gasteiger partial charge in [0.25, 0.3) is 5.56 Å². The standard InChI is InChI=1S/C14H22N4O2/c1-9(12(19)17-10-5-6-10)16-11-13(20)18(8-7-15-11)14(2,3)4/h7-10H,5-6H2,1-4H3,(H,15,16)(H,17,19). The molecular formula is C14H22N4O2. The zero-order chi connectivity index (χ0) is 14.9. The third-order valence-electron chi connectivity index (χ3n) is 3.23. The van der Waals surface area contributed by atoms with Crippen LogP contribution in [-0.4, -0.2) is 27.5 Å². The molecule has 1 unspecified atom stereocenters. The molecule has 1 aliphatic carbocycles. The van der Waals surface area contributed by atoms with Crippen molar-refractivity contribution < 1.29 is 4.79 Å². The van der Waals surface area contributed by atoms with Gasteiger partial charge in [-0.15, -0.1) is 0 Å². The molecule has 2 rings (SSSR count). The first-order valence-electron chi connectivity index (χ1n) is 6.94. The molecule has 0 aromatic carbocycles. The summed E-state index contributed by atoms with van der Waals surface area (Å²) in [5, 5.41) is 5.80. The van der Waals surface area contributed by atoms with Gasteiger partial charge in [-0.3, -0.25) is 9.59 Å². The lowest BCUT2D eigenvalue weighted by Gasteiger charge is -2.23. The quantitative estimate of drug-likeness (QED) is 0.864. The van der Waals surface area contributed by atoms with Gasteiger partial charge >= 0.3 is 0 Å². The van der Waals surface area contributed by atoms with E-state index >= 15 is 0 Å². The summed E-state index contributed by atoms with van der Waals surface area (Å²) < 4.78 is 1.61. The monoisotopic (exact) mass is 278 g/mol. The third kappa shape index (κ3) is 3.37.